The summed E-state index contributed by atoms with van der Waals surface area (Å²) in [6, 6.07) is 16.3. The Hall–Kier alpha value is -2.13. The van der Waals surface area contributed by atoms with Gasteiger partial charge in [-0.25, -0.2) is 4.98 Å². The van der Waals surface area contributed by atoms with E-state index >= 15 is 0 Å². The summed E-state index contributed by atoms with van der Waals surface area (Å²) in [6.45, 7) is 2.14. The van der Waals surface area contributed by atoms with Crippen LogP contribution in [0.3, 0.4) is 0 Å². The van der Waals surface area contributed by atoms with E-state index in [0.29, 0.717) is 0 Å². The molecule has 100 valence electrons. The maximum absolute atomic E-state index is 5.71. The van der Waals surface area contributed by atoms with Gasteiger partial charge < -0.3 is 5.73 Å². The van der Waals surface area contributed by atoms with Gasteiger partial charge in [-0.1, -0.05) is 36.4 Å². The molecule has 1 heterocycles. The molecule has 0 bridgehead atoms. The second-order valence-electron chi connectivity index (χ2n) is 4.85. The Kier molecular flexibility index (Phi) is 3.52. The number of aryl methyl sites for hydroxylation is 1. The highest BCUT2D eigenvalue weighted by molar-refractivity contribution is 7.10. The first-order valence-corrected chi connectivity index (χ1v) is 7.45. The summed E-state index contributed by atoms with van der Waals surface area (Å²) in [6.07, 6.45) is 0.895. The third-order valence-corrected chi connectivity index (χ3v) is 4.21. The lowest BCUT2D eigenvalue weighted by Gasteiger charge is -2.02. The average Bonchev–Trinajstić information content (AvgIpc) is 2.91. The molecular formula is C17H16N2S. The molecule has 2 N–H and O–H groups in total. The van der Waals surface area contributed by atoms with E-state index in [2.05, 4.69) is 36.6 Å². The minimum atomic E-state index is 0.782. The van der Waals surface area contributed by atoms with E-state index in [1.165, 1.54) is 11.1 Å². The van der Waals surface area contributed by atoms with E-state index in [4.69, 9.17) is 10.7 Å². The Morgan fingerprint density at radius 1 is 1.05 bits per heavy atom. The summed E-state index contributed by atoms with van der Waals surface area (Å²) in [4.78, 5) is 4.72. The zero-order valence-corrected chi connectivity index (χ0v) is 12.2. The molecule has 0 saturated carbocycles. The van der Waals surface area contributed by atoms with Gasteiger partial charge in [-0.05, 0) is 30.2 Å². The third kappa shape index (κ3) is 2.73. The van der Waals surface area contributed by atoms with Crippen molar-refractivity contribution in [1.29, 1.82) is 0 Å². The monoisotopic (exact) mass is 280 g/mol. The molecule has 0 aliphatic carbocycles. The van der Waals surface area contributed by atoms with Gasteiger partial charge in [-0.3, -0.25) is 0 Å². The molecule has 3 heteroatoms. The van der Waals surface area contributed by atoms with Crippen molar-refractivity contribution >= 4 is 17.0 Å². The molecule has 2 nitrogen and oxygen atoms in total. The molecule has 0 atom stereocenters. The van der Waals surface area contributed by atoms with Gasteiger partial charge in [0.1, 0.15) is 0 Å². The van der Waals surface area contributed by atoms with Crippen LogP contribution in [0.1, 0.15) is 16.1 Å². The van der Waals surface area contributed by atoms with Gasteiger partial charge in [0.05, 0.1) is 10.7 Å². The molecule has 3 aromatic rings. The molecule has 0 radical (unpaired) electrons. The van der Waals surface area contributed by atoms with Crippen LogP contribution in [-0.2, 0) is 6.42 Å². The van der Waals surface area contributed by atoms with Crippen LogP contribution in [0.15, 0.2) is 53.9 Å². The van der Waals surface area contributed by atoms with Crippen molar-refractivity contribution in [3.63, 3.8) is 0 Å². The molecule has 0 amide bonds. The predicted octanol–water partition coefficient (Wildman–Crippen LogP) is 4.29. The van der Waals surface area contributed by atoms with Gasteiger partial charge in [-0.15, -0.1) is 11.3 Å². The van der Waals surface area contributed by atoms with Crippen LogP contribution < -0.4 is 5.73 Å². The molecule has 0 aliphatic rings. The summed E-state index contributed by atoms with van der Waals surface area (Å²) in [7, 11) is 0. The highest BCUT2D eigenvalue weighted by Gasteiger charge is 2.06. The summed E-state index contributed by atoms with van der Waals surface area (Å²) < 4.78 is 0. The lowest BCUT2D eigenvalue weighted by atomic mass is 10.1. The molecule has 0 fully saturated rings. The molecule has 0 saturated heterocycles. The van der Waals surface area contributed by atoms with E-state index in [1.807, 2.05) is 24.3 Å². The van der Waals surface area contributed by atoms with Crippen LogP contribution in [0.4, 0.5) is 5.69 Å². The molecule has 0 spiro atoms. The van der Waals surface area contributed by atoms with E-state index in [9.17, 15) is 0 Å². The maximum atomic E-state index is 5.71. The first-order chi connectivity index (χ1) is 9.72. The standard InChI is InChI=1S/C17H16N2S/c1-12-4-2-3-5-14(12)10-17-19-16(11-20-17)13-6-8-15(18)9-7-13/h2-9,11H,10,18H2,1H3. The third-order valence-electron chi connectivity index (χ3n) is 3.36. The fourth-order valence-electron chi connectivity index (χ4n) is 2.15. The van der Waals surface area contributed by atoms with Crippen LogP contribution in [0.5, 0.6) is 0 Å². The summed E-state index contributed by atoms with van der Waals surface area (Å²) in [5, 5.41) is 3.25. The smallest absolute Gasteiger partial charge is 0.0976 e. The van der Waals surface area contributed by atoms with Gasteiger partial charge in [0, 0.05) is 23.1 Å². The summed E-state index contributed by atoms with van der Waals surface area (Å²) in [5.41, 5.74) is 11.3. The lowest BCUT2D eigenvalue weighted by molar-refractivity contribution is 1.12. The minimum absolute atomic E-state index is 0.782. The van der Waals surface area contributed by atoms with Crippen LogP contribution in [-0.4, -0.2) is 4.98 Å². The van der Waals surface area contributed by atoms with Crippen LogP contribution in [0.25, 0.3) is 11.3 Å². The van der Waals surface area contributed by atoms with Gasteiger partial charge in [0.25, 0.3) is 0 Å². The fourth-order valence-corrected chi connectivity index (χ4v) is 2.98. The molecule has 20 heavy (non-hydrogen) atoms. The topological polar surface area (TPSA) is 38.9 Å². The first-order valence-electron chi connectivity index (χ1n) is 6.57. The van der Waals surface area contributed by atoms with Crippen molar-refractivity contribution in [2.24, 2.45) is 0 Å². The van der Waals surface area contributed by atoms with E-state index in [0.717, 1.165) is 28.4 Å². The second-order valence-corrected chi connectivity index (χ2v) is 5.79. The number of aromatic nitrogens is 1. The lowest BCUT2D eigenvalue weighted by Crippen LogP contribution is -1.91. The number of nitrogen functional groups attached to an aromatic ring is 1. The average molecular weight is 280 g/mol. The number of hydrogen-bond acceptors (Lipinski definition) is 3. The van der Waals surface area contributed by atoms with Crippen molar-refractivity contribution in [1.82, 2.24) is 4.98 Å². The van der Waals surface area contributed by atoms with Crippen molar-refractivity contribution in [2.75, 3.05) is 5.73 Å². The number of thiazole rings is 1. The van der Waals surface area contributed by atoms with Crippen molar-refractivity contribution in [2.45, 2.75) is 13.3 Å². The summed E-state index contributed by atoms with van der Waals surface area (Å²) in [5.74, 6) is 0. The maximum Gasteiger partial charge on any atom is 0.0976 e. The highest BCUT2D eigenvalue weighted by atomic mass is 32.1. The molecule has 2 aromatic carbocycles. The molecular weight excluding hydrogens is 264 g/mol. The number of benzene rings is 2. The molecule has 0 aliphatic heterocycles. The minimum Gasteiger partial charge on any atom is -0.399 e. The number of rotatable bonds is 3. The molecule has 3 rings (SSSR count). The Labute approximate surface area is 122 Å². The zero-order valence-electron chi connectivity index (χ0n) is 11.3. The SMILES string of the molecule is Cc1ccccc1Cc1nc(-c2ccc(N)cc2)cs1. The van der Waals surface area contributed by atoms with Gasteiger partial charge in [0.15, 0.2) is 0 Å². The fraction of sp³-hybridized carbons (Fsp3) is 0.118. The number of nitrogens with two attached hydrogens (primary N) is 1. The van der Waals surface area contributed by atoms with Gasteiger partial charge >= 0.3 is 0 Å². The molecule has 0 unspecified atom stereocenters. The zero-order chi connectivity index (χ0) is 13.9. The van der Waals surface area contributed by atoms with E-state index in [1.54, 1.807) is 11.3 Å². The molecule has 1 aromatic heterocycles. The van der Waals surface area contributed by atoms with Gasteiger partial charge in [-0.2, -0.15) is 0 Å². The van der Waals surface area contributed by atoms with Crippen LogP contribution in [0, 0.1) is 6.92 Å². The van der Waals surface area contributed by atoms with E-state index < -0.39 is 0 Å². The van der Waals surface area contributed by atoms with Crippen molar-refractivity contribution in [3.05, 3.63) is 70.0 Å². The largest absolute Gasteiger partial charge is 0.399 e. The van der Waals surface area contributed by atoms with Crippen molar-refractivity contribution in [3.8, 4) is 11.3 Å². The van der Waals surface area contributed by atoms with Crippen molar-refractivity contribution < 1.29 is 0 Å². The Bertz CT molecular complexity index is 714. The second kappa shape index (κ2) is 5.47. The van der Waals surface area contributed by atoms with Gasteiger partial charge in [0.2, 0.25) is 0 Å². The Balaban J connectivity index is 1.84. The quantitative estimate of drug-likeness (QED) is 0.727. The highest BCUT2D eigenvalue weighted by Crippen LogP contribution is 2.24. The Morgan fingerprint density at radius 2 is 1.80 bits per heavy atom. The number of anilines is 1. The predicted molar refractivity (Wildman–Crippen MR) is 85.9 cm³/mol. The van der Waals surface area contributed by atoms with E-state index in [-0.39, 0.29) is 0 Å². The van der Waals surface area contributed by atoms with Crippen LogP contribution in [0.2, 0.25) is 0 Å². The Morgan fingerprint density at radius 3 is 2.55 bits per heavy atom. The summed E-state index contributed by atoms with van der Waals surface area (Å²) >= 11 is 1.71. The normalized spacial score (nSPS) is 10.7. The number of nitrogens with zero attached hydrogens (tertiary/aromatic N) is 1. The number of hydrogen-bond donors (Lipinski definition) is 1. The first kappa shape index (κ1) is 12.9. The van der Waals surface area contributed by atoms with Crippen LogP contribution >= 0.6 is 11.3 Å².